The van der Waals surface area contributed by atoms with Crippen LogP contribution in [0.4, 0.5) is 10.2 Å². The van der Waals surface area contributed by atoms with Crippen molar-refractivity contribution >= 4 is 11.7 Å². The van der Waals surface area contributed by atoms with E-state index in [2.05, 4.69) is 10.4 Å². The predicted molar refractivity (Wildman–Crippen MR) is 111 cm³/mol. The standard InChI is InChI=1S/C22H24FN3O4/c1-14-11-20(26(25-14)17-8-6-16(23)7-9-17)24-21(27)10-5-15-12-18(28-2)22(30-4)19(13-15)29-3/h6-9,11-13H,5,10H2,1-4H3,(H,24,27). The van der Waals surface area contributed by atoms with Gasteiger partial charge in [0.05, 0.1) is 32.7 Å². The number of hydrogen-bond donors (Lipinski definition) is 1. The topological polar surface area (TPSA) is 74.6 Å². The first kappa shape index (κ1) is 21.2. The van der Waals surface area contributed by atoms with Crippen molar-refractivity contribution in [3.8, 4) is 22.9 Å². The van der Waals surface area contributed by atoms with Gasteiger partial charge in [0, 0.05) is 12.5 Å². The SMILES string of the molecule is COc1cc(CCC(=O)Nc2cc(C)nn2-c2ccc(F)cc2)cc(OC)c1OC. The number of aromatic nitrogens is 2. The molecule has 0 spiro atoms. The van der Waals surface area contributed by atoms with Gasteiger partial charge in [-0.2, -0.15) is 5.10 Å². The second-order valence-electron chi connectivity index (χ2n) is 6.64. The lowest BCUT2D eigenvalue weighted by Crippen LogP contribution is -2.15. The van der Waals surface area contributed by atoms with E-state index in [1.54, 1.807) is 44.2 Å². The van der Waals surface area contributed by atoms with E-state index in [1.165, 1.54) is 12.1 Å². The number of anilines is 1. The van der Waals surface area contributed by atoms with Crippen molar-refractivity contribution in [1.29, 1.82) is 0 Å². The molecule has 0 unspecified atom stereocenters. The lowest BCUT2D eigenvalue weighted by molar-refractivity contribution is -0.116. The third-order valence-corrected chi connectivity index (χ3v) is 4.54. The summed E-state index contributed by atoms with van der Waals surface area (Å²) in [7, 11) is 4.64. The molecule has 3 aromatic rings. The van der Waals surface area contributed by atoms with Gasteiger partial charge in [0.15, 0.2) is 11.5 Å². The fourth-order valence-corrected chi connectivity index (χ4v) is 3.11. The third-order valence-electron chi connectivity index (χ3n) is 4.54. The van der Waals surface area contributed by atoms with Crippen LogP contribution < -0.4 is 19.5 Å². The summed E-state index contributed by atoms with van der Waals surface area (Å²) < 4.78 is 30.8. The molecule has 0 saturated carbocycles. The van der Waals surface area contributed by atoms with Crippen LogP contribution in [0.2, 0.25) is 0 Å². The summed E-state index contributed by atoms with van der Waals surface area (Å²) >= 11 is 0. The zero-order valence-corrected chi connectivity index (χ0v) is 17.4. The molecule has 0 atom stereocenters. The van der Waals surface area contributed by atoms with E-state index in [0.29, 0.717) is 35.2 Å². The van der Waals surface area contributed by atoms with Crippen LogP contribution in [0, 0.1) is 12.7 Å². The Morgan fingerprint density at radius 1 is 1.03 bits per heavy atom. The molecule has 1 aromatic heterocycles. The maximum absolute atomic E-state index is 13.2. The maximum atomic E-state index is 13.2. The molecule has 0 aliphatic rings. The van der Waals surface area contributed by atoms with Crippen molar-refractivity contribution in [3.05, 3.63) is 59.5 Å². The van der Waals surface area contributed by atoms with Crippen LogP contribution in [0.3, 0.4) is 0 Å². The van der Waals surface area contributed by atoms with Gasteiger partial charge in [-0.3, -0.25) is 4.79 Å². The molecule has 30 heavy (non-hydrogen) atoms. The molecule has 0 saturated heterocycles. The number of halogens is 1. The number of nitrogens with one attached hydrogen (secondary N) is 1. The molecule has 8 heteroatoms. The van der Waals surface area contributed by atoms with E-state index in [-0.39, 0.29) is 18.1 Å². The molecular weight excluding hydrogens is 389 g/mol. The van der Waals surface area contributed by atoms with Crippen molar-refractivity contribution in [3.63, 3.8) is 0 Å². The average molecular weight is 413 g/mol. The highest BCUT2D eigenvalue weighted by atomic mass is 19.1. The number of hydrogen-bond acceptors (Lipinski definition) is 5. The number of amides is 1. The van der Waals surface area contributed by atoms with Gasteiger partial charge in [-0.1, -0.05) is 0 Å². The lowest BCUT2D eigenvalue weighted by atomic mass is 10.1. The van der Waals surface area contributed by atoms with Crippen LogP contribution in [0.25, 0.3) is 5.69 Å². The number of methoxy groups -OCH3 is 3. The summed E-state index contributed by atoms with van der Waals surface area (Å²) in [6.07, 6.45) is 0.721. The molecule has 1 heterocycles. The second kappa shape index (κ2) is 9.30. The van der Waals surface area contributed by atoms with Crippen molar-refractivity contribution in [2.75, 3.05) is 26.6 Å². The molecule has 7 nitrogen and oxygen atoms in total. The normalized spacial score (nSPS) is 10.6. The summed E-state index contributed by atoms with van der Waals surface area (Å²) in [6.45, 7) is 1.82. The second-order valence-corrected chi connectivity index (χ2v) is 6.64. The zero-order chi connectivity index (χ0) is 21.7. The Morgan fingerprint density at radius 3 is 2.23 bits per heavy atom. The van der Waals surface area contributed by atoms with Gasteiger partial charge in [0.25, 0.3) is 0 Å². The van der Waals surface area contributed by atoms with Gasteiger partial charge in [0.2, 0.25) is 11.7 Å². The summed E-state index contributed by atoms with van der Waals surface area (Å²) in [6, 6.07) is 11.3. The van der Waals surface area contributed by atoms with Crippen LogP contribution >= 0.6 is 0 Å². The first-order valence-corrected chi connectivity index (χ1v) is 9.36. The van der Waals surface area contributed by atoms with Crippen molar-refractivity contribution in [1.82, 2.24) is 9.78 Å². The molecule has 0 bridgehead atoms. The van der Waals surface area contributed by atoms with Crippen molar-refractivity contribution in [2.45, 2.75) is 19.8 Å². The third kappa shape index (κ3) is 4.71. The van der Waals surface area contributed by atoms with E-state index < -0.39 is 0 Å². The first-order valence-electron chi connectivity index (χ1n) is 9.36. The Labute approximate surface area is 174 Å². The molecule has 1 amide bonds. The van der Waals surface area contributed by atoms with E-state index >= 15 is 0 Å². The number of ether oxygens (including phenoxy) is 3. The highest BCUT2D eigenvalue weighted by Crippen LogP contribution is 2.38. The molecule has 1 N–H and O–H groups in total. The summed E-state index contributed by atoms with van der Waals surface area (Å²) in [5.74, 6) is 1.60. The number of nitrogens with zero attached hydrogens (tertiary/aromatic N) is 2. The van der Waals surface area contributed by atoms with Crippen molar-refractivity contribution < 1.29 is 23.4 Å². The minimum Gasteiger partial charge on any atom is -0.493 e. The van der Waals surface area contributed by atoms with Crippen LogP contribution in [-0.4, -0.2) is 37.0 Å². The molecule has 158 valence electrons. The maximum Gasteiger partial charge on any atom is 0.225 e. The molecule has 0 aliphatic heterocycles. The van der Waals surface area contributed by atoms with Gasteiger partial charge in [-0.25, -0.2) is 9.07 Å². The number of benzene rings is 2. The Hall–Kier alpha value is -3.55. The molecule has 0 fully saturated rings. The van der Waals surface area contributed by atoms with Gasteiger partial charge in [-0.05, 0) is 55.3 Å². The molecule has 0 radical (unpaired) electrons. The lowest BCUT2D eigenvalue weighted by Gasteiger charge is -2.14. The Bertz CT molecular complexity index is 1010. The van der Waals surface area contributed by atoms with Crippen molar-refractivity contribution in [2.24, 2.45) is 0 Å². The van der Waals surface area contributed by atoms with E-state index in [4.69, 9.17) is 14.2 Å². The van der Waals surface area contributed by atoms with Crippen LogP contribution in [-0.2, 0) is 11.2 Å². The van der Waals surface area contributed by atoms with Gasteiger partial charge in [0.1, 0.15) is 11.6 Å². The molecule has 0 aliphatic carbocycles. The summed E-state index contributed by atoms with van der Waals surface area (Å²) in [4.78, 5) is 12.6. The monoisotopic (exact) mass is 413 g/mol. The average Bonchev–Trinajstić information content (AvgIpc) is 3.11. The minimum atomic E-state index is -0.335. The van der Waals surface area contributed by atoms with E-state index in [1.807, 2.05) is 19.1 Å². The van der Waals surface area contributed by atoms with Gasteiger partial charge in [-0.15, -0.1) is 0 Å². The minimum absolute atomic E-state index is 0.174. The summed E-state index contributed by atoms with van der Waals surface area (Å²) in [5.41, 5.74) is 2.27. The quantitative estimate of drug-likeness (QED) is 0.606. The van der Waals surface area contributed by atoms with Crippen LogP contribution in [0.15, 0.2) is 42.5 Å². The highest BCUT2D eigenvalue weighted by molar-refractivity contribution is 5.90. The number of carbonyl (C=O) groups is 1. The number of aryl methyl sites for hydroxylation is 2. The van der Waals surface area contributed by atoms with Crippen LogP contribution in [0.1, 0.15) is 17.7 Å². The van der Waals surface area contributed by atoms with E-state index in [0.717, 1.165) is 11.3 Å². The first-order chi connectivity index (χ1) is 14.4. The number of carbonyl (C=O) groups excluding carboxylic acids is 1. The Balaban J connectivity index is 1.72. The highest BCUT2D eigenvalue weighted by Gasteiger charge is 2.15. The molecular formula is C22H24FN3O4. The largest absolute Gasteiger partial charge is 0.493 e. The smallest absolute Gasteiger partial charge is 0.225 e. The zero-order valence-electron chi connectivity index (χ0n) is 17.4. The Kier molecular flexibility index (Phi) is 6.56. The molecule has 3 rings (SSSR count). The van der Waals surface area contributed by atoms with E-state index in [9.17, 15) is 9.18 Å². The van der Waals surface area contributed by atoms with Gasteiger partial charge >= 0.3 is 0 Å². The van der Waals surface area contributed by atoms with Crippen LogP contribution in [0.5, 0.6) is 17.2 Å². The fourth-order valence-electron chi connectivity index (χ4n) is 3.11. The Morgan fingerprint density at radius 2 is 1.67 bits per heavy atom. The fraction of sp³-hybridized carbons (Fsp3) is 0.273. The van der Waals surface area contributed by atoms with Gasteiger partial charge < -0.3 is 19.5 Å². The predicted octanol–water partition coefficient (Wildman–Crippen LogP) is 3.92. The summed E-state index contributed by atoms with van der Waals surface area (Å²) in [5, 5.41) is 7.25. The molecule has 2 aromatic carbocycles. The number of rotatable bonds is 8.